The van der Waals surface area contributed by atoms with Crippen LogP contribution in [0.3, 0.4) is 0 Å². The van der Waals surface area contributed by atoms with Crippen LogP contribution in [-0.2, 0) is 6.54 Å². The third-order valence-electron chi connectivity index (χ3n) is 3.00. The molecule has 0 aliphatic carbocycles. The summed E-state index contributed by atoms with van der Waals surface area (Å²) in [6.07, 6.45) is 2.02. The Morgan fingerprint density at radius 2 is 1.89 bits per heavy atom. The quantitative estimate of drug-likeness (QED) is 0.845. The zero-order valence-electron chi connectivity index (χ0n) is 12.5. The molecule has 0 atom stereocenters. The third-order valence-corrected chi connectivity index (χ3v) is 4.15. The van der Waals surface area contributed by atoms with E-state index in [1.54, 1.807) is 4.57 Å². The molecule has 0 unspecified atom stereocenters. The average molecular weight is 330 g/mol. The number of aryl methyl sites for hydroxylation is 1. The molecule has 0 bridgehead atoms. The van der Waals surface area contributed by atoms with Gasteiger partial charge in [0.15, 0.2) is 0 Å². The normalized spacial score (nSPS) is 11.9. The lowest BCUT2D eigenvalue weighted by Crippen LogP contribution is -2.36. The first-order valence-electron chi connectivity index (χ1n) is 6.71. The van der Waals surface area contributed by atoms with E-state index in [0.29, 0.717) is 0 Å². The van der Waals surface area contributed by atoms with E-state index in [2.05, 4.69) is 47.0 Å². The number of aromatic nitrogens is 2. The van der Waals surface area contributed by atoms with Crippen molar-refractivity contribution >= 4 is 15.9 Å². The van der Waals surface area contributed by atoms with Gasteiger partial charge in [-0.1, -0.05) is 0 Å². The molecule has 0 aliphatic heterocycles. The SMILES string of the molecule is Cc1nc(=O)n(CCCCNC(C)(C)C)c(C)c1Br. The molecular formula is C14H24BrN3O. The van der Waals surface area contributed by atoms with Crippen molar-refractivity contribution in [1.82, 2.24) is 14.9 Å². The van der Waals surface area contributed by atoms with Crippen molar-refractivity contribution in [2.24, 2.45) is 0 Å². The molecule has 108 valence electrons. The Balaban J connectivity index is 2.55. The molecule has 0 radical (unpaired) electrons. The number of halogens is 1. The summed E-state index contributed by atoms with van der Waals surface area (Å²) in [6.45, 7) is 12.0. The van der Waals surface area contributed by atoms with Crippen LogP contribution in [0, 0.1) is 13.8 Å². The predicted molar refractivity (Wildman–Crippen MR) is 82.7 cm³/mol. The Morgan fingerprint density at radius 1 is 1.26 bits per heavy atom. The highest BCUT2D eigenvalue weighted by Crippen LogP contribution is 2.16. The van der Waals surface area contributed by atoms with Gasteiger partial charge < -0.3 is 5.32 Å². The summed E-state index contributed by atoms with van der Waals surface area (Å²) in [7, 11) is 0. The van der Waals surface area contributed by atoms with Gasteiger partial charge in [0.1, 0.15) is 0 Å². The van der Waals surface area contributed by atoms with Crippen LogP contribution in [0.4, 0.5) is 0 Å². The van der Waals surface area contributed by atoms with E-state index in [9.17, 15) is 4.79 Å². The zero-order valence-corrected chi connectivity index (χ0v) is 14.1. The highest BCUT2D eigenvalue weighted by molar-refractivity contribution is 9.10. The molecule has 0 saturated heterocycles. The van der Waals surface area contributed by atoms with Crippen molar-refractivity contribution in [3.8, 4) is 0 Å². The highest BCUT2D eigenvalue weighted by atomic mass is 79.9. The first kappa shape index (κ1) is 16.4. The Labute approximate surface area is 123 Å². The van der Waals surface area contributed by atoms with Gasteiger partial charge in [0.25, 0.3) is 0 Å². The zero-order chi connectivity index (χ0) is 14.6. The Bertz CT molecular complexity index is 489. The van der Waals surface area contributed by atoms with Gasteiger partial charge in [-0.2, -0.15) is 4.98 Å². The van der Waals surface area contributed by atoms with Crippen molar-refractivity contribution in [3.05, 3.63) is 26.3 Å². The number of hydrogen-bond donors (Lipinski definition) is 1. The molecule has 0 fully saturated rings. The summed E-state index contributed by atoms with van der Waals surface area (Å²) in [4.78, 5) is 15.9. The van der Waals surface area contributed by atoms with E-state index >= 15 is 0 Å². The maximum absolute atomic E-state index is 11.9. The maximum atomic E-state index is 11.9. The van der Waals surface area contributed by atoms with Crippen LogP contribution < -0.4 is 11.0 Å². The molecule has 1 heterocycles. The van der Waals surface area contributed by atoms with Gasteiger partial charge in [-0.15, -0.1) is 0 Å². The lowest BCUT2D eigenvalue weighted by atomic mass is 10.1. The second kappa shape index (κ2) is 6.66. The van der Waals surface area contributed by atoms with E-state index in [-0.39, 0.29) is 11.2 Å². The number of unbranched alkanes of at least 4 members (excludes halogenated alkanes) is 1. The molecule has 5 heteroatoms. The number of nitrogens with one attached hydrogen (secondary N) is 1. The first-order valence-corrected chi connectivity index (χ1v) is 7.50. The molecule has 19 heavy (non-hydrogen) atoms. The Kier molecular flexibility index (Phi) is 5.74. The minimum absolute atomic E-state index is 0.151. The van der Waals surface area contributed by atoms with Gasteiger partial charge in [-0.25, -0.2) is 4.79 Å². The lowest BCUT2D eigenvalue weighted by Gasteiger charge is -2.20. The second-order valence-corrected chi connectivity index (χ2v) is 6.71. The molecule has 0 spiro atoms. The van der Waals surface area contributed by atoms with Crippen LogP contribution >= 0.6 is 15.9 Å². The Hall–Kier alpha value is -0.680. The van der Waals surface area contributed by atoms with Gasteiger partial charge in [-0.3, -0.25) is 4.57 Å². The monoisotopic (exact) mass is 329 g/mol. The summed E-state index contributed by atoms with van der Waals surface area (Å²) >= 11 is 3.48. The van der Waals surface area contributed by atoms with E-state index in [0.717, 1.165) is 41.8 Å². The molecule has 0 saturated carbocycles. The third kappa shape index (κ3) is 5.07. The van der Waals surface area contributed by atoms with Gasteiger partial charge in [0.05, 0.1) is 10.2 Å². The molecule has 0 aliphatic rings. The number of rotatable bonds is 5. The van der Waals surface area contributed by atoms with Crippen LogP contribution in [0.2, 0.25) is 0 Å². The summed E-state index contributed by atoms with van der Waals surface area (Å²) in [5.74, 6) is 0. The second-order valence-electron chi connectivity index (χ2n) is 5.91. The van der Waals surface area contributed by atoms with E-state index in [1.807, 2.05) is 13.8 Å². The highest BCUT2D eigenvalue weighted by Gasteiger charge is 2.10. The molecule has 0 amide bonds. The number of nitrogens with zero attached hydrogens (tertiary/aromatic N) is 2. The molecule has 0 aromatic carbocycles. The van der Waals surface area contributed by atoms with Crippen LogP contribution in [-0.4, -0.2) is 21.6 Å². The van der Waals surface area contributed by atoms with Crippen molar-refractivity contribution in [2.75, 3.05) is 6.54 Å². The minimum atomic E-state index is -0.151. The summed E-state index contributed by atoms with van der Waals surface area (Å²) in [5, 5.41) is 3.45. The maximum Gasteiger partial charge on any atom is 0.348 e. The minimum Gasteiger partial charge on any atom is -0.312 e. The van der Waals surface area contributed by atoms with Crippen LogP contribution in [0.25, 0.3) is 0 Å². The van der Waals surface area contributed by atoms with E-state index in [1.165, 1.54) is 0 Å². The fourth-order valence-electron chi connectivity index (χ4n) is 1.90. The van der Waals surface area contributed by atoms with E-state index in [4.69, 9.17) is 0 Å². The molecule has 4 nitrogen and oxygen atoms in total. The van der Waals surface area contributed by atoms with Gasteiger partial charge in [0.2, 0.25) is 0 Å². The summed E-state index contributed by atoms with van der Waals surface area (Å²) in [6, 6.07) is 0. The Morgan fingerprint density at radius 3 is 2.47 bits per heavy atom. The van der Waals surface area contributed by atoms with Crippen LogP contribution in [0.15, 0.2) is 9.27 Å². The molecule has 1 aromatic heterocycles. The van der Waals surface area contributed by atoms with Gasteiger partial charge in [0, 0.05) is 17.8 Å². The van der Waals surface area contributed by atoms with Crippen LogP contribution in [0.1, 0.15) is 45.0 Å². The smallest absolute Gasteiger partial charge is 0.312 e. The van der Waals surface area contributed by atoms with Crippen molar-refractivity contribution in [1.29, 1.82) is 0 Å². The van der Waals surface area contributed by atoms with Crippen LogP contribution in [0.5, 0.6) is 0 Å². The van der Waals surface area contributed by atoms with Crippen molar-refractivity contribution in [3.63, 3.8) is 0 Å². The van der Waals surface area contributed by atoms with Crippen molar-refractivity contribution in [2.45, 2.75) is 59.5 Å². The largest absolute Gasteiger partial charge is 0.348 e. The average Bonchev–Trinajstić information content (AvgIpc) is 2.28. The first-order chi connectivity index (χ1) is 8.72. The molecule has 1 rings (SSSR count). The standard InChI is InChI=1S/C14H24BrN3O/c1-10-12(15)11(2)18(13(19)17-10)9-7-6-8-16-14(3,4)5/h16H,6-9H2,1-5H3. The topological polar surface area (TPSA) is 46.9 Å². The summed E-state index contributed by atoms with van der Waals surface area (Å²) < 4.78 is 2.67. The van der Waals surface area contributed by atoms with Gasteiger partial charge in [-0.05, 0) is 69.9 Å². The lowest BCUT2D eigenvalue weighted by molar-refractivity contribution is 0.412. The molecule has 1 N–H and O–H groups in total. The molecular weight excluding hydrogens is 306 g/mol. The number of hydrogen-bond acceptors (Lipinski definition) is 3. The molecule has 1 aromatic rings. The van der Waals surface area contributed by atoms with Crippen molar-refractivity contribution < 1.29 is 0 Å². The fraction of sp³-hybridized carbons (Fsp3) is 0.714. The fourth-order valence-corrected chi connectivity index (χ4v) is 2.20. The summed E-state index contributed by atoms with van der Waals surface area (Å²) in [5.41, 5.74) is 1.72. The predicted octanol–water partition coefficient (Wildman–Crippen LogP) is 2.79. The van der Waals surface area contributed by atoms with Gasteiger partial charge >= 0.3 is 5.69 Å². The van der Waals surface area contributed by atoms with E-state index < -0.39 is 0 Å².